The molecule has 3 amide bonds. The second-order valence-corrected chi connectivity index (χ2v) is 10.4. The SMILES string of the molecule is CCOc1ccc(NC(=O)CN2C(=O)[C@@H]3[C@H](C2=O)C2(Cl)c4ccccc4C3(Cl)c3ccccc32)cc1. The van der Waals surface area contributed by atoms with Crippen LogP contribution in [-0.2, 0) is 24.1 Å². The molecule has 3 aromatic carbocycles. The fraction of sp³-hybridized carbons (Fsp3) is 0.250. The summed E-state index contributed by atoms with van der Waals surface area (Å²) in [5.74, 6) is -2.64. The second kappa shape index (κ2) is 8.08. The van der Waals surface area contributed by atoms with Crippen molar-refractivity contribution in [3.8, 4) is 5.75 Å². The molecule has 1 N–H and O–H groups in total. The zero-order valence-corrected chi connectivity index (χ0v) is 20.8. The maximum absolute atomic E-state index is 13.8. The molecule has 6 nitrogen and oxygen atoms in total. The normalized spacial score (nSPS) is 27.4. The molecule has 1 heterocycles. The minimum Gasteiger partial charge on any atom is -0.494 e. The van der Waals surface area contributed by atoms with E-state index in [-0.39, 0.29) is 0 Å². The van der Waals surface area contributed by atoms with Gasteiger partial charge in [-0.3, -0.25) is 19.3 Å². The number of hydrogen-bond acceptors (Lipinski definition) is 4. The molecule has 0 radical (unpaired) electrons. The molecule has 0 aromatic heterocycles. The number of anilines is 1. The van der Waals surface area contributed by atoms with Crippen LogP contribution in [0.25, 0.3) is 0 Å². The highest BCUT2D eigenvalue weighted by atomic mass is 35.5. The lowest BCUT2D eigenvalue weighted by molar-refractivity contribution is -0.142. The maximum atomic E-state index is 13.8. The van der Waals surface area contributed by atoms with Crippen LogP contribution in [0.3, 0.4) is 0 Å². The lowest BCUT2D eigenvalue weighted by atomic mass is 9.54. The molecule has 0 unspecified atom stereocenters. The van der Waals surface area contributed by atoms with E-state index >= 15 is 0 Å². The topological polar surface area (TPSA) is 75.7 Å². The minimum atomic E-state index is -1.26. The van der Waals surface area contributed by atoms with Gasteiger partial charge in [-0.2, -0.15) is 0 Å². The highest BCUT2D eigenvalue weighted by Crippen LogP contribution is 2.69. The van der Waals surface area contributed by atoms with Gasteiger partial charge in [-0.1, -0.05) is 48.5 Å². The number of amides is 3. The van der Waals surface area contributed by atoms with Crippen molar-refractivity contribution in [2.75, 3.05) is 18.5 Å². The smallest absolute Gasteiger partial charge is 0.244 e. The molecule has 4 aliphatic rings. The van der Waals surface area contributed by atoms with E-state index in [2.05, 4.69) is 5.32 Å². The van der Waals surface area contributed by atoms with Gasteiger partial charge >= 0.3 is 0 Å². The van der Waals surface area contributed by atoms with Crippen LogP contribution in [0.1, 0.15) is 29.2 Å². The van der Waals surface area contributed by atoms with Crippen molar-refractivity contribution in [1.82, 2.24) is 4.90 Å². The molecule has 3 aromatic rings. The Morgan fingerprint density at radius 2 is 1.28 bits per heavy atom. The van der Waals surface area contributed by atoms with E-state index in [4.69, 9.17) is 27.9 Å². The number of ether oxygens (including phenoxy) is 1. The van der Waals surface area contributed by atoms with Gasteiger partial charge in [0.15, 0.2) is 0 Å². The van der Waals surface area contributed by atoms with E-state index in [9.17, 15) is 14.4 Å². The molecule has 7 rings (SSSR count). The largest absolute Gasteiger partial charge is 0.494 e. The lowest BCUT2D eigenvalue weighted by Gasteiger charge is -2.54. The number of imide groups is 1. The zero-order valence-electron chi connectivity index (χ0n) is 19.3. The molecular formula is C28H22Cl2N2O4. The van der Waals surface area contributed by atoms with Gasteiger partial charge in [0.25, 0.3) is 0 Å². The minimum absolute atomic E-state index is 0.426. The first kappa shape index (κ1) is 23.1. The van der Waals surface area contributed by atoms with Gasteiger partial charge in [0.1, 0.15) is 22.0 Å². The highest BCUT2D eigenvalue weighted by molar-refractivity contribution is 6.36. The number of halogens is 2. The van der Waals surface area contributed by atoms with Crippen molar-refractivity contribution in [2.24, 2.45) is 11.8 Å². The van der Waals surface area contributed by atoms with Gasteiger partial charge in [-0.25, -0.2) is 0 Å². The van der Waals surface area contributed by atoms with Crippen LogP contribution >= 0.6 is 23.2 Å². The Hall–Kier alpha value is -3.35. The van der Waals surface area contributed by atoms with Crippen molar-refractivity contribution in [3.63, 3.8) is 0 Å². The quantitative estimate of drug-likeness (QED) is 0.393. The molecule has 1 saturated heterocycles. The van der Waals surface area contributed by atoms with E-state index in [0.29, 0.717) is 18.0 Å². The van der Waals surface area contributed by atoms with Gasteiger partial charge < -0.3 is 10.1 Å². The summed E-state index contributed by atoms with van der Waals surface area (Å²) in [7, 11) is 0. The van der Waals surface area contributed by atoms with Gasteiger partial charge in [-0.15, -0.1) is 23.2 Å². The van der Waals surface area contributed by atoms with Crippen molar-refractivity contribution < 1.29 is 19.1 Å². The molecule has 36 heavy (non-hydrogen) atoms. The molecule has 8 heteroatoms. The number of hydrogen-bond donors (Lipinski definition) is 1. The Morgan fingerprint density at radius 1 is 0.833 bits per heavy atom. The van der Waals surface area contributed by atoms with E-state index in [1.54, 1.807) is 24.3 Å². The molecule has 0 spiro atoms. The third-order valence-corrected chi connectivity index (χ3v) is 8.71. The van der Waals surface area contributed by atoms with Crippen LogP contribution in [-0.4, -0.2) is 35.8 Å². The third-order valence-electron chi connectivity index (χ3n) is 7.43. The van der Waals surface area contributed by atoms with Gasteiger partial charge in [0.05, 0.1) is 18.4 Å². The van der Waals surface area contributed by atoms with E-state index in [1.807, 2.05) is 55.5 Å². The van der Waals surface area contributed by atoms with Gasteiger partial charge in [0.2, 0.25) is 17.7 Å². The van der Waals surface area contributed by atoms with Crippen molar-refractivity contribution in [3.05, 3.63) is 95.1 Å². The molecule has 1 aliphatic heterocycles. The molecule has 2 atom stereocenters. The molecule has 0 saturated carbocycles. The van der Waals surface area contributed by atoms with Crippen LogP contribution in [0, 0.1) is 11.8 Å². The number of alkyl halides is 2. The van der Waals surface area contributed by atoms with E-state index in [0.717, 1.165) is 27.2 Å². The van der Waals surface area contributed by atoms with Crippen LogP contribution < -0.4 is 10.1 Å². The molecule has 1 fully saturated rings. The third kappa shape index (κ3) is 2.95. The number of nitrogens with zero attached hydrogens (tertiary/aromatic N) is 1. The standard InChI is InChI=1S/C28H22Cl2N2O4/c1-2-36-17-13-11-16(12-14-17)31-22(33)15-32-25(34)23-24(26(32)35)28(30)19-8-4-3-7-18(19)27(23,29)20-9-5-6-10-21(20)28/h3-14,23-24H,2,15H2,1H3,(H,31,33)/t23-,24+,27?,28?. The first-order valence-electron chi connectivity index (χ1n) is 11.8. The summed E-state index contributed by atoms with van der Waals surface area (Å²) in [4.78, 5) is 38.9. The molecule has 3 aliphatic carbocycles. The average molecular weight is 521 g/mol. The summed E-state index contributed by atoms with van der Waals surface area (Å²) < 4.78 is 5.42. The first-order valence-corrected chi connectivity index (χ1v) is 12.5. The van der Waals surface area contributed by atoms with E-state index in [1.165, 1.54) is 0 Å². The van der Waals surface area contributed by atoms with Crippen LogP contribution in [0.5, 0.6) is 5.75 Å². The maximum Gasteiger partial charge on any atom is 0.244 e. The number of carbonyl (C=O) groups excluding carboxylic acids is 3. The predicted molar refractivity (Wildman–Crippen MR) is 136 cm³/mol. The second-order valence-electron chi connectivity index (χ2n) is 9.24. The zero-order chi connectivity index (χ0) is 25.2. The Kier molecular flexibility index (Phi) is 5.18. The molecule has 182 valence electrons. The lowest BCUT2D eigenvalue weighted by Crippen LogP contribution is -2.57. The van der Waals surface area contributed by atoms with Crippen LogP contribution in [0.4, 0.5) is 5.69 Å². The summed E-state index contributed by atoms with van der Waals surface area (Å²) in [6.07, 6.45) is 0. The van der Waals surface area contributed by atoms with Crippen LogP contribution in [0.2, 0.25) is 0 Å². The molecule has 2 bridgehead atoms. The van der Waals surface area contributed by atoms with Gasteiger partial charge in [-0.05, 0) is 53.4 Å². The Morgan fingerprint density at radius 3 is 1.69 bits per heavy atom. The Labute approximate surface area is 218 Å². The van der Waals surface area contributed by atoms with Crippen molar-refractivity contribution in [1.29, 1.82) is 0 Å². The number of likely N-dealkylation sites (tertiary alicyclic amines) is 1. The summed E-state index contributed by atoms with van der Waals surface area (Å²) >= 11 is 14.8. The van der Waals surface area contributed by atoms with Crippen molar-refractivity contribution >= 4 is 46.6 Å². The number of carbonyl (C=O) groups is 3. The first-order chi connectivity index (χ1) is 17.3. The Bertz CT molecular complexity index is 1300. The fourth-order valence-electron chi connectivity index (χ4n) is 6.03. The summed E-state index contributed by atoms with van der Waals surface area (Å²) in [5.41, 5.74) is 3.43. The van der Waals surface area contributed by atoms with Crippen molar-refractivity contribution in [2.45, 2.75) is 16.7 Å². The fourth-order valence-corrected chi connectivity index (χ4v) is 7.12. The van der Waals surface area contributed by atoms with Crippen LogP contribution in [0.15, 0.2) is 72.8 Å². The number of rotatable bonds is 5. The summed E-state index contributed by atoms with van der Waals surface area (Å²) in [5, 5.41) is 2.75. The predicted octanol–water partition coefficient (Wildman–Crippen LogP) is 4.62. The van der Waals surface area contributed by atoms with Gasteiger partial charge in [0, 0.05) is 5.69 Å². The summed E-state index contributed by atoms with van der Waals surface area (Å²) in [6, 6.07) is 21.7. The number of benzene rings is 3. The number of nitrogens with one attached hydrogen (secondary N) is 1. The van der Waals surface area contributed by atoms with E-state index < -0.39 is 45.9 Å². The monoisotopic (exact) mass is 520 g/mol. The highest BCUT2D eigenvalue weighted by Gasteiger charge is 2.73. The Balaban J connectivity index is 1.35. The summed E-state index contributed by atoms with van der Waals surface area (Å²) in [6.45, 7) is 1.99. The molecular weight excluding hydrogens is 499 g/mol. The average Bonchev–Trinajstić information content (AvgIpc) is 3.14.